The Morgan fingerprint density at radius 2 is 1.70 bits per heavy atom. The van der Waals surface area contributed by atoms with Crippen LogP contribution in [0.4, 0.5) is 5.69 Å². The van der Waals surface area contributed by atoms with Crippen LogP contribution in [-0.2, 0) is 16.1 Å². The van der Waals surface area contributed by atoms with Gasteiger partial charge < -0.3 is 20.5 Å². The molecule has 5 nitrogen and oxygen atoms in total. The van der Waals surface area contributed by atoms with Crippen LogP contribution >= 0.6 is 24.0 Å². The SMILES string of the molecule is Cc1ccc(NC(N)=NCCCOCCOCc2ccccc2)cc1C.I. The second-order valence-electron chi connectivity index (χ2n) is 6.20. The fraction of sp³-hybridized carbons (Fsp3) is 0.381. The lowest BCUT2D eigenvalue weighted by atomic mass is 10.1. The predicted molar refractivity (Wildman–Crippen MR) is 123 cm³/mol. The summed E-state index contributed by atoms with van der Waals surface area (Å²) < 4.78 is 11.1. The molecule has 3 N–H and O–H groups in total. The van der Waals surface area contributed by atoms with Gasteiger partial charge in [-0.05, 0) is 49.1 Å². The second kappa shape index (κ2) is 13.5. The Kier molecular flexibility index (Phi) is 11.7. The topological polar surface area (TPSA) is 68.9 Å². The molecular formula is C21H30IN3O2. The van der Waals surface area contributed by atoms with Crippen LogP contribution in [0.15, 0.2) is 53.5 Å². The van der Waals surface area contributed by atoms with Crippen LogP contribution in [0.5, 0.6) is 0 Å². The molecule has 0 aliphatic carbocycles. The minimum Gasteiger partial charge on any atom is -0.379 e. The average molecular weight is 483 g/mol. The average Bonchev–Trinajstić information content (AvgIpc) is 2.64. The van der Waals surface area contributed by atoms with Crippen molar-refractivity contribution in [1.82, 2.24) is 0 Å². The zero-order valence-corrected chi connectivity index (χ0v) is 18.4. The summed E-state index contributed by atoms with van der Waals surface area (Å²) in [6, 6.07) is 16.3. The first kappa shape index (κ1) is 23.4. The van der Waals surface area contributed by atoms with E-state index in [0.29, 0.717) is 38.9 Å². The number of aryl methyl sites for hydroxylation is 2. The lowest BCUT2D eigenvalue weighted by Crippen LogP contribution is -2.23. The van der Waals surface area contributed by atoms with Crippen molar-refractivity contribution in [2.45, 2.75) is 26.9 Å². The highest BCUT2D eigenvalue weighted by Crippen LogP contribution is 2.13. The number of aliphatic imine (C=N–C) groups is 1. The summed E-state index contributed by atoms with van der Waals surface area (Å²) in [4.78, 5) is 4.32. The third kappa shape index (κ3) is 9.74. The van der Waals surface area contributed by atoms with E-state index >= 15 is 0 Å². The summed E-state index contributed by atoms with van der Waals surface area (Å²) in [6.07, 6.45) is 0.827. The molecule has 0 aliphatic rings. The molecule has 0 saturated carbocycles. The van der Waals surface area contributed by atoms with E-state index in [0.717, 1.165) is 12.1 Å². The quantitative estimate of drug-likeness (QED) is 0.229. The molecule has 0 spiro atoms. The zero-order valence-electron chi connectivity index (χ0n) is 16.1. The van der Waals surface area contributed by atoms with E-state index in [1.165, 1.54) is 16.7 Å². The second-order valence-corrected chi connectivity index (χ2v) is 6.20. The van der Waals surface area contributed by atoms with Gasteiger partial charge in [-0.1, -0.05) is 36.4 Å². The van der Waals surface area contributed by atoms with E-state index in [-0.39, 0.29) is 24.0 Å². The summed E-state index contributed by atoms with van der Waals surface area (Å²) >= 11 is 0. The molecule has 0 unspecified atom stereocenters. The maximum atomic E-state index is 5.91. The lowest BCUT2D eigenvalue weighted by Gasteiger charge is -2.08. The molecule has 2 aromatic rings. The largest absolute Gasteiger partial charge is 0.379 e. The minimum atomic E-state index is 0. The van der Waals surface area contributed by atoms with Gasteiger partial charge in [0, 0.05) is 18.8 Å². The van der Waals surface area contributed by atoms with Crippen LogP contribution in [0.1, 0.15) is 23.1 Å². The van der Waals surface area contributed by atoms with E-state index in [1.807, 2.05) is 24.3 Å². The first-order valence-corrected chi connectivity index (χ1v) is 8.99. The third-order valence-electron chi connectivity index (χ3n) is 3.99. The number of nitrogens with two attached hydrogens (primary N) is 1. The first-order valence-electron chi connectivity index (χ1n) is 8.99. The molecule has 0 aliphatic heterocycles. The number of guanidine groups is 1. The van der Waals surface area contributed by atoms with Crippen molar-refractivity contribution in [1.29, 1.82) is 0 Å². The number of benzene rings is 2. The number of rotatable bonds is 10. The van der Waals surface area contributed by atoms with Crippen LogP contribution in [0.25, 0.3) is 0 Å². The van der Waals surface area contributed by atoms with Crippen molar-refractivity contribution >= 4 is 35.6 Å². The van der Waals surface area contributed by atoms with Crippen molar-refractivity contribution in [3.8, 4) is 0 Å². The summed E-state index contributed by atoms with van der Waals surface area (Å²) in [5.74, 6) is 0.430. The number of hydrogen-bond donors (Lipinski definition) is 2. The van der Waals surface area contributed by atoms with Gasteiger partial charge in [0.25, 0.3) is 0 Å². The van der Waals surface area contributed by atoms with Crippen LogP contribution in [0, 0.1) is 13.8 Å². The van der Waals surface area contributed by atoms with Gasteiger partial charge >= 0.3 is 0 Å². The fourth-order valence-electron chi connectivity index (χ4n) is 2.36. The highest BCUT2D eigenvalue weighted by Gasteiger charge is 1.98. The molecule has 27 heavy (non-hydrogen) atoms. The molecular weight excluding hydrogens is 453 g/mol. The molecule has 0 fully saturated rings. The molecule has 0 radical (unpaired) electrons. The molecule has 0 amide bonds. The molecule has 6 heteroatoms. The molecule has 0 bridgehead atoms. The summed E-state index contributed by atoms with van der Waals surface area (Å²) in [5.41, 5.74) is 10.5. The van der Waals surface area contributed by atoms with Crippen molar-refractivity contribution in [2.75, 3.05) is 31.7 Å². The van der Waals surface area contributed by atoms with Gasteiger partial charge in [0.15, 0.2) is 5.96 Å². The number of anilines is 1. The normalized spacial score (nSPS) is 11.1. The van der Waals surface area contributed by atoms with E-state index in [4.69, 9.17) is 15.2 Å². The summed E-state index contributed by atoms with van der Waals surface area (Å²) in [5, 5.41) is 3.11. The van der Waals surface area contributed by atoms with Gasteiger partial charge in [0.2, 0.25) is 0 Å². The van der Waals surface area contributed by atoms with Gasteiger partial charge in [-0.25, -0.2) is 0 Å². The summed E-state index contributed by atoms with van der Waals surface area (Å²) in [6.45, 7) is 7.25. The highest BCUT2D eigenvalue weighted by atomic mass is 127. The summed E-state index contributed by atoms with van der Waals surface area (Å²) in [7, 11) is 0. The Morgan fingerprint density at radius 1 is 0.963 bits per heavy atom. The Hall–Kier alpha value is -1.64. The van der Waals surface area contributed by atoms with Gasteiger partial charge in [0.1, 0.15) is 0 Å². The molecule has 0 atom stereocenters. The van der Waals surface area contributed by atoms with Crippen molar-refractivity contribution in [3.63, 3.8) is 0 Å². The molecule has 0 heterocycles. The van der Waals surface area contributed by atoms with Crippen LogP contribution in [0.2, 0.25) is 0 Å². The Bertz CT molecular complexity index is 693. The maximum Gasteiger partial charge on any atom is 0.193 e. The third-order valence-corrected chi connectivity index (χ3v) is 3.99. The molecule has 148 valence electrons. The molecule has 2 aromatic carbocycles. The minimum absolute atomic E-state index is 0. The number of nitrogens with one attached hydrogen (secondary N) is 1. The van der Waals surface area contributed by atoms with Crippen LogP contribution in [0.3, 0.4) is 0 Å². The standard InChI is InChI=1S/C21H29N3O2.HI/c1-17-9-10-20(15-18(17)2)24-21(22)23-11-6-12-25-13-14-26-16-19-7-4-3-5-8-19;/h3-5,7-10,15H,6,11-14,16H2,1-2H3,(H3,22,23,24);1H. The van der Waals surface area contributed by atoms with Crippen molar-refractivity contribution in [2.24, 2.45) is 10.7 Å². The zero-order chi connectivity index (χ0) is 18.6. The first-order chi connectivity index (χ1) is 12.6. The van der Waals surface area contributed by atoms with Crippen molar-refractivity contribution in [3.05, 3.63) is 65.2 Å². The Balaban J connectivity index is 0.00000364. The molecule has 2 rings (SSSR count). The smallest absolute Gasteiger partial charge is 0.193 e. The van der Waals surface area contributed by atoms with Gasteiger partial charge in [-0.15, -0.1) is 24.0 Å². The van der Waals surface area contributed by atoms with E-state index < -0.39 is 0 Å². The highest BCUT2D eigenvalue weighted by molar-refractivity contribution is 14.0. The van der Waals surface area contributed by atoms with E-state index in [2.05, 4.69) is 48.4 Å². The fourth-order valence-corrected chi connectivity index (χ4v) is 2.36. The van der Waals surface area contributed by atoms with Gasteiger partial charge in [-0.2, -0.15) is 0 Å². The van der Waals surface area contributed by atoms with E-state index in [9.17, 15) is 0 Å². The Morgan fingerprint density at radius 3 is 2.44 bits per heavy atom. The van der Waals surface area contributed by atoms with Crippen LogP contribution < -0.4 is 11.1 Å². The molecule has 0 saturated heterocycles. The predicted octanol–water partition coefficient (Wildman–Crippen LogP) is 4.27. The van der Waals surface area contributed by atoms with Crippen molar-refractivity contribution < 1.29 is 9.47 Å². The Labute approximate surface area is 179 Å². The molecule has 0 aromatic heterocycles. The van der Waals surface area contributed by atoms with E-state index in [1.54, 1.807) is 0 Å². The number of halogens is 1. The number of hydrogen-bond acceptors (Lipinski definition) is 3. The number of nitrogens with zero attached hydrogens (tertiary/aromatic N) is 1. The number of ether oxygens (including phenoxy) is 2. The van der Waals surface area contributed by atoms with Gasteiger partial charge in [-0.3, -0.25) is 4.99 Å². The monoisotopic (exact) mass is 483 g/mol. The maximum absolute atomic E-state index is 5.91. The van der Waals surface area contributed by atoms with Gasteiger partial charge in [0.05, 0.1) is 19.8 Å². The lowest BCUT2D eigenvalue weighted by molar-refractivity contribution is 0.0403. The van der Waals surface area contributed by atoms with Crippen LogP contribution in [-0.4, -0.2) is 32.3 Å².